The van der Waals surface area contributed by atoms with Crippen molar-refractivity contribution in [3.8, 4) is 0 Å². The summed E-state index contributed by atoms with van der Waals surface area (Å²) in [4.78, 5) is 23.3. The van der Waals surface area contributed by atoms with Gasteiger partial charge < -0.3 is 9.47 Å². The van der Waals surface area contributed by atoms with Gasteiger partial charge in [-0.1, -0.05) is 91.4 Å². The Kier molecular flexibility index (Phi) is 17.6. The zero-order chi connectivity index (χ0) is 20.3. The minimum Gasteiger partial charge on any atom is -0.465 e. The highest BCUT2D eigenvalue weighted by Gasteiger charge is 2.15. The average molecular weight is 385 g/mol. The van der Waals surface area contributed by atoms with Crippen LogP contribution in [0.5, 0.6) is 0 Å². The quantitative estimate of drug-likeness (QED) is 0.152. The minimum atomic E-state index is -0.483. The number of esters is 2. The first-order valence-electron chi connectivity index (χ1n) is 11.3. The van der Waals surface area contributed by atoms with Crippen molar-refractivity contribution in [3.05, 3.63) is 0 Å². The Morgan fingerprint density at radius 1 is 0.704 bits per heavy atom. The van der Waals surface area contributed by atoms with Crippen molar-refractivity contribution >= 4 is 11.9 Å². The standard InChI is InChI=1S/C23H44O4/c1-5-6-7-8-9-10-11-12-13-14-15-16-17-26-22(24)19-23(25)27-21(4)18-20(2)3/h20-21H,5-19H2,1-4H3. The average Bonchev–Trinajstić information content (AvgIpc) is 2.57. The molecular formula is C23H44O4. The number of carbonyl (C=O) groups is 2. The van der Waals surface area contributed by atoms with E-state index in [1.165, 1.54) is 64.2 Å². The molecule has 0 radical (unpaired) electrons. The molecule has 0 bridgehead atoms. The van der Waals surface area contributed by atoms with Gasteiger partial charge in [-0.25, -0.2) is 0 Å². The molecule has 4 nitrogen and oxygen atoms in total. The van der Waals surface area contributed by atoms with Crippen LogP contribution in [0, 0.1) is 5.92 Å². The molecule has 0 fully saturated rings. The van der Waals surface area contributed by atoms with Gasteiger partial charge >= 0.3 is 11.9 Å². The number of hydrogen-bond donors (Lipinski definition) is 0. The van der Waals surface area contributed by atoms with Gasteiger partial charge in [-0.2, -0.15) is 0 Å². The van der Waals surface area contributed by atoms with Crippen molar-refractivity contribution in [2.45, 2.75) is 124 Å². The Morgan fingerprint density at radius 2 is 1.19 bits per heavy atom. The summed E-state index contributed by atoms with van der Waals surface area (Å²) in [6.45, 7) is 8.67. The molecule has 0 spiro atoms. The van der Waals surface area contributed by atoms with Crippen molar-refractivity contribution < 1.29 is 19.1 Å². The summed E-state index contributed by atoms with van der Waals surface area (Å²) >= 11 is 0. The highest BCUT2D eigenvalue weighted by Crippen LogP contribution is 2.12. The molecule has 0 rings (SSSR count). The van der Waals surface area contributed by atoms with Crippen LogP contribution >= 0.6 is 0 Å². The fourth-order valence-corrected chi connectivity index (χ4v) is 3.28. The maximum absolute atomic E-state index is 11.7. The lowest BCUT2D eigenvalue weighted by Crippen LogP contribution is -2.20. The molecule has 160 valence electrons. The minimum absolute atomic E-state index is 0.151. The van der Waals surface area contributed by atoms with Crippen molar-refractivity contribution in [2.75, 3.05) is 6.61 Å². The lowest BCUT2D eigenvalue weighted by Gasteiger charge is -2.14. The van der Waals surface area contributed by atoms with E-state index in [1.54, 1.807) is 0 Å². The smallest absolute Gasteiger partial charge is 0.317 e. The molecule has 27 heavy (non-hydrogen) atoms. The Hall–Kier alpha value is -1.06. The van der Waals surface area contributed by atoms with Crippen LogP contribution in [0.1, 0.15) is 118 Å². The van der Waals surface area contributed by atoms with Crippen LogP contribution in [0.15, 0.2) is 0 Å². The molecule has 0 heterocycles. The zero-order valence-electron chi connectivity index (χ0n) is 18.4. The monoisotopic (exact) mass is 384 g/mol. The summed E-state index contributed by atoms with van der Waals surface area (Å²) in [7, 11) is 0. The summed E-state index contributed by atoms with van der Waals surface area (Å²) in [5.74, 6) is -0.492. The fourth-order valence-electron chi connectivity index (χ4n) is 3.28. The van der Waals surface area contributed by atoms with E-state index in [-0.39, 0.29) is 12.5 Å². The van der Waals surface area contributed by atoms with Gasteiger partial charge in [0, 0.05) is 0 Å². The van der Waals surface area contributed by atoms with E-state index in [4.69, 9.17) is 9.47 Å². The summed E-state index contributed by atoms with van der Waals surface area (Å²) in [5, 5.41) is 0. The lowest BCUT2D eigenvalue weighted by atomic mass is 10.1. The van der Waals surface area contributed by atoms with Crippen molar-refractivity contribution in [1.29, 1.82) is 0 Å². The summed E-state index contributed by atoms with van der Waals surface area (Å²) in [6, 6.07) is 0. The number of carbonyl (C=O) groups excluding carboxylic acids is 2. The van der Waals surface area contributed by atoms with Crippen LogP contribution in [0.4, 0.5) is 0 Å². The second kappa shape index (κ2) is 18.3. The number of rotatable bonds is 18. The van der Waals surface area contributed by atoms with Gasteiger partial charge in [0.25, 0.3) is 0 Å². The molecule has 0 aromatic heterocycles. The third kappa shape index (κ3) is 19.5. The molecule has 0 saturated heterocycles. The summed E-state index contributed by atoms with van der Waals surface area (Å²) in [5.41, 5.74) is 0. The molecule has 0 aliphatic heterocycles. The molecule has 1 unspecified atom stereocenters. The molecule has 1 atom stereocenters. The Bertz CT molecular complexity index is 365. The van der Waals surface area contributed by atoms with E-state index in [2.05, 4.69) is 20.8 Å². The molecule has 4 heteroatoms. The van der Waals surface area contributed by atoms with E-state index in [0.717, 1.165) is 19.3 Å². The van der Waals surface area contributed by atoms with Crippen LogP contribution in [-0.2, 0) is 19.1 Å². The third-order valence-electron chi connectivity index (χ3n) is 4.69. The van der Waals surface area contributed by atoms with Crippen molar-refractivity contribution in [1.82, 2.24) is 0 Å². The molecule has 0 aromatic carbocycles. The van der Waals surface area contributed by atoms with Gasteiger partial charge in [-0.15, -0.1) is 0 Å². The summed E-state index contributed by atoms with van der Waals surface area (Å²) < 4.78 is 10.3. The molecule has 0 N–H and O–H groups in total. The molecule has 0 aromatic rings. The second-order valence-corrected chi connectivity index (χ2v) is 8.22. The van der Waals surface area contributed by atoms with Crippen LogP contribution < -0.4 is 0 Å². The van der Waals surface area contributed by atoms with Gasteiger partial charge in [0.05, 0.1) is 12.7 Å². The predicted molar refractivity (Wildman–Crippen MR) is 112 cm³/mol. The van der Waals surface area contributed by atoms with Crippen LogP contribution in [0.25, 0.3) is 0 Å². The predicted octanol–water partition coefficient (Wildman–Crippen LogP) is 6.60. The molecule has 0 aliphatic rings. The van der Waals surface area contributed by atoms with E-state index in [9.17, 15) is 9.59 Å². The first-order valence-corrected chi connectivity index (χ1v) is 11.3. The number of unbranched alkanes of at least 4 members (excludes halogenated alkanes) is 11. The molecular weight excluding hydrogens is 340 g/mol. The van der Waals surface area contributed by atoms with Crippen LogP contribution in [0.2, 0.25) is 0 Å². The fraction of sp³-hybridized carbons (Fsp3) is 0.913. The highest BCUT2D eigenvalue weighted by molar-refractivity contribution is 5.91. The SMILES string of the molecule is CCCCCCCCCCCCCCOC(=O)CC(=O)OC(C)CC(C)C. The third-order valence-corrected chi connectivity index (χ3v) is 4.69. The normalized spacial score (nSPS) is 12.2. The zero-order valence-corrected chi connectivity index (χ0v) is 18.4. The van der Waals surface area contributed by atoms with Gasteiger partial charge in [0.15, 0.2) is 0 Å². The maximum Gasteiger partial charge on any atom is 0.317 e. The second-order valence-electron chi connectivity index (χ2n) is 8.22. The molecule has 0 saturated carbocycles. The molecule has 0 aliphatic carbocycles. The van der Waals surface area contributed by atoms with Crippen LogP contribution in [-0.4, -0.2) is 24.6 Å². The lowest BCUT2D eigenvalue weighted by molar-refractivity contribution is -0.157. The number of hydrogen-bond acceptors (Lipinski definition) is 4. The van der Waals surface area contributed by atoms with Gasteiger partial charge in [-0.3, -0.25) is 9.59 Å². The van der Waals surface area contributed by atoms with Gasteiger partial charge in [-0.05, 0) is 25.7 Å². The van der Waals surface area contributed by atoms with E-state index >= 15 is 0 Å². The van der Waals surface area contributed by atoms with Gasteiger partial charge in [0.1, 0.15) is 6.42 Å². The van der Waals surface area contributed by atoms with E-state index in [1.807, 2.05) is 6.92 Å². The highest BCUT2D eigenvalue weighted by atomic mass is 16.6. The maximum atomic E-state index is 11.7. The van der Waals surface area contributed by atoms with Gasteiger partial charge in [0.2, 0.25) is 0 Å². The Morgan fingerprint density at radius 3 is 1.67 bits per heavy atom. The Labute approximate surface area is 167 Å². The van der Waals surface area contributed by atoms with Crippen LogP contribution in [0.3, 0.4) is 0 Å². The van der Waals surface area contributed by atoms with Crippen molar-refractivity contribution in [3.63, 3.8) is 0 Å². The first kappa shape index (κ1) is 25.9. The van der Waals surface area contributed by atoms with E-state index in [0.29, 0.717) is 12.5 Å². The topological polar surface area (TPSA) is 52.6 Å². The first-order chi connectivity index (χ1) is 13.0. The van der Waals surface area contributed by atoms with E-state index < -0.39 is 11.9 Å². The molecule has 0 amide bonds. The number of ether oxygens (including phenoxy) is 2. The van der Waals surface area contributed by atoms with Crippen molar-refractivity contribution in [2.24, 2.45) is 5.92 Å². The summed E-state index contributed by atoms with van der Waals surface area (Å²) in [6.07, 6.45) is 15.7. The largest absolute Gasteiger partial charge is 0.465 e. The Balaban J connectivity index is 3.39.